The van der Waals surface area contributed by atoms with E-state index in [0.717, 1.165) is 0 Å². The second kappa shape index (κ2) is 5.14. The van der Waals surface area contributed by atoms with E-state index in [1.165, 1.54) is 6.20 Å². The summed E-state index contributed by atoms with van der Waals surface area (Å²) in [6, 6.07) is 7.18. The van der Waals surface area contributed by atoms with Gasteiger partial charge in [0, 0.05) is 5.02 Å². The number of ether oxygens (including phenoxy) is 1. The zero-order chi connectivity index (χ0) is 11.4. The number of rotatable bonds is 3. The molecule has 1 aromatic heterocycles. The van der Waals surface area contributed by atoms with Crippen molar-refractivity contribution >= 4 is 23.2 Å². The standard InChI is InChI=1S/C11H8Cl2N2O/c12-8-2-1-3-10(4-8)16-7-9-5-15-11(13)6-14-9/h1-6H,7H2. The highest BCUT2D eigenvalue weighted by Gasteiger charge is 1.98. The molecule has 0 aliphatic rings. The zero-order valence-corrected chi connectivity index (χ0v) is 9.74. The van der Waals surface area contributed by atoms with Crippen LogP contribution in [0, 0.1) is 0 Å². The lowest BCUT2D eigenvalue weighted by Crippen LogP contribution is -1.98. The fourth-order valence-corrected chi connectivity index (χ4v) is 1.41. The Kier molecular flexibility index (Phi) is 3.59. The summed E-state index contributed by atoms with van der Waals surface area (Å²) in [5.74, 6) is 0.698. The second-order valence-corrected chi connectivity index (χ2v) is 3.90. The van der Waals surface area contributed by atoms with Crippen molar-refractivity contribution < 1.29 is 4.74 Å². The van der Waals surface area contributed by atoms with Crippen LogP contribution in [0.5, 0.6) is 5.75 Å². The van der Waals surface area contributed by atoms with Gasteiger partial charge in [-0.05, 0) is 18.2 Å². The maximum atomic E-state index is 5.82. The summed E-state index contributed by atoms with van der Waals surface area (Å²) in [5, 5.41) is 1.01. The van der Waals surface area contributed by atoms with Crippen LogP contribution in [0.3, 0.4) is 0 Å². The minimum absolute atomic E-state index is 0.338. The minimum Gasteiger partial charge on any atom is -0.487 e. The van der Waals surface area contributed by atoms with Crippen LogP contribution in [0.25, 0.3) is 0 Å². The van der Waals surface area contributed by atoms with E-state index in [2.05, 4.69) is 9.97 Å². The molecule has 5 heteroatoms. The first-order valence-electron chi connectivity index (χ1n) is 4.59. The largest absolute Gasteiger partial charge is 0.487 e. The fourth-order valence-electron chi connectivity index (χ4n) is 1.13. The number of hydrogen-bond donors (Lipinski definition) is 0. The summed E-state index contributed by atoms with van der Waals surface area (Å²) in [7, 11) is 0. The molecule has 16 heavy (non-hydrogen) atoms. The van der Waals surface area contributed by atoms with Gasteiger partial charge in [-0.3, -0.25) is 4.98 Å². The van der Waals surface area contributed by atoms with E-state index in [4.69, 9.17) is 27.9 Å². The molecule has 2 aromatic rings. The van der Waals surface area contributed by atoms with Crippen LogP contribution in [0.15, 0.2) is 36.7 Å². The van der Waals surface area contributed by atoms with Crippen molar-refractivity contribution in [3.05, 3.63) is 52.5 Å². The van der Waals surface area contributed by atoms with Crippen molar-refractivity contribution in [2.45, 2.75) is 6.61 Å². The van der Waals surface area contributed by atoms with Crippen molar-refractivity contribution in [2.24, 2.45) is 0 Å². The van der Waals surface area contributed by atoms with E-state index in [-0.39, 0.29) is 0 Å². The normalized spacial score (nSPS) is 10.1. The molecule has 0 N–H and O–H groups in total. The summed E-state index contributed by atoms with van der Waals surface area (Å²) < 4.78 is 5.48. The van der Waals surface area contributed by atoms with Crippen molar-refractivity contribution in [1.82, 2.24) is 9.97 Å². The van der Waals surface area contributed by atoms with E-state index in [0.29, 0.717) is 28.2 Å². The average molecular weight is 255 g/mol. The number of nitrogens with zero attached hydrogens (tertiary/aromatic N) is 2. The van der Waals surface area contributed by atoms with E-state index in [1.807, 2.05) is 12.1 Å². The zero-order valence-electron chi connectivity index (χ0n) is 8.23. The highest BCUT2D eigenvalue weighted by Crippen LogP contribution is 2.17. The third-order valence-electron chi connectivity index (χ3n) is 1.86. The lowest BCUT2D eigenvalue weighted by molar-refractivity contribution is 0.301. The van der Waals surface area contributed by atoms with Crippen LogP contribution >= 0.6 is 23.2 Å². The molecule has 0 aliphatic heterocycles. The summed E-state index contributed by atoms with van der Waals surface area (Å²) in [4.78, 5) is 7.97. The summed E-state index contributed by atoms with van der Waals surface area (Å²) in [5.41, 5.74) is 0.712. The maximum absolute atomic E-state index is 5.82. The molecule has 0 spiro atoms. The van der Waals surface area contributed by atoms with Gasteiger partial charge in [0.2, 0.25) is 0 Å². The van der Waals surface area contributed by atoms with Gasteiger partial charge >= 0.3 is 0 Å². The first-order chi connectivity index (χ1) is 7.74. The van der Waals surface area contributed by atoms with Gasteiger partial charge in [-0.15, -0.1) is 0 Å². The van der Waals surface area contributed by atoms with Crippen LogP contribution in [-0.2, 0) is 6.61 Å². The van der Waals surface area contributed by atoms with E-state index >= 15 is 0 Å². The van der Waals surface area contributed by atoms with Gasteiger partial charge in [0.15, 0.2) is 0 Å². The lowest BCUT2D eigenvalue weighted by Gasteiger charge is -2.05. The van der Waals surface area contributed by atoms with E-state index in [1.54, 1.807) is 18.3 Å². The Bertz CT molecular complexity index is 474. The Morgan fingerprint density at radius 1 is 1.12 bits per heavy atom. The molecule has 2 rings (SSSR count). The molecule has 1 heterocycles. The SMILES string of the molecule is Clc1cccc(OCc2cnc(Cl)cn2)c1. The van der Waals surface area contributed by atoms with Gasteiger partial charge in [-0.2, -0.15) is 0 Å². The van der Waals surface area contributed by atoms with Crippen LogP contribution < -0.4 is 4.74 Å². The number of benzene rings is 1. The molecule has 0 bridgehead atoms. The maximum Gasteiger partial charge on any atom is 0.147 e. The molecule has 0 saturated carbocycles. The third kappa shape index (κ3) is 3.08. The van der Waals surface area contributed by atoms with Gasteiger partial charge in [0.25, 0.3) is 0 Å². The first kappa shape index (κ1) is 11.2. The van der Waals surface area contributed by atoms with Gasteiger partial charge in [-0.1, -0.05) is 29.3 Å². The van der Waals surface area contributed by atoms with Crippen LogP contribution in [0.1, 0.15) is 5.69 Å². The number of aromatic nitrogens is 2. The highest BCUT2D eigenvalue weighted by atomic mass is 35.5. The summed E-state index contributed by atoms with van der Waals surface area (Å²) in [6.45, 7) is 0.338. The van der Waals surface area contributed by atoms with Crippen LogP contribution in [0.2, 0.25) is 10.2 Å². The topological polar surface area (TPSA) is 35.0 Å². The molecule has 0 fully saturated rings. The summed E-state index contributed by atoms with van der Waals surface area (Å²) >= 11 is 11.4. The Hall–Kier alpha value is -1.32. The number of hydrogen-bond acceptors (Lipinski definition) is 3. The highest BCUT2D eigenvalue weighted by molar-refractivity contribution is 6.30. The third-order valence-corrected chi connectivity index (χ3v) is 2.29. The molecule has 0 radical (unpaired) electrons. The molecule has 0 atom stereocenters. The molecular weight excluding hydrogens is 247 g/mol. The van der Waals surface area contributed by atoms with Crippen LogP contribution in [-0.4, -0.2) is 9.97 Å². The molecular formula is C11H8Cl2N2O. The van der Waals surface area contributed by atoms with Crippen molar-refractivity contribution in [3.63, 3.8) is 0 Å². The Labute approximate surface area is 103 Å². The minimum atomic E-state index is 0.338. The lowest BCUT2D eigenvalue weighted by atomic mass is 10.3. The van der Waals surface area contributed by atoms with Crippen molar-refractivity contribution in [3.8, 4) is 5.75 Å². The van der Waals surface area contributed by atoms with Crippen molar-refractivity contribution in [2.75, 3.05) is 0 Å². The Balaban J connectivity index is 1.99. The van der Waals surface area contributed by atoms with Gasteiger partial charge in [0.1, 0.15) is 17.5 Å². The second-order valence-electron chi connectivity index (χ2n) is 3.08. The molecule has 1 aromatic carbocycles. The Morgan fingerprint density at radius 3 is 2.69 bits per heavy atom. The predicted octanol–water partition coefficient (Wildman–Crippen LogP) is 3.36. The predicted molar refractivity (Wildman–Crippen MR) is 62.8 cm³/mol. The van der Waals surface area contributed by atoms with E-state index < -0.39 is 0 Å². The van der Waals surface area contributed by atoms with Gasteiger partial charge in [-0.25, -0.2) is 4.98 Å². The molecule has 82 valence electrons. The van der Waals surface area contributed by atoms with Gasteiger partial charge in [0.05, 0.1) is 18.1 Å². The first-order valence-corrected chi connectivity index (χ1v) is 5.34. The smallest absolute Gasteiger partial charge is 0.147 e. The summed E-state index contributed by atoms with van der Waals surface area (Å²) in [6.07, 6.45) is 3.06. The average Bonchev–Trinajstić information content (AvgIpc) is 2.28. The fraction of sp³-hybridized carbons (Fsp3) is 0.0909. The molecule has 0 amide bonds. The van der Waals surface area contributed by atoms with Crippen molar-refractivity contribution in [1.29, 1.82) is 0 Å². The molecule has 0 aliphatic carbocycles. The van der Waals surface area contributed by atoms with E-state index in [9.17, 15) is 0 Å². The molecule has 0 unspecified atom stereocenters. The number of halogens is 2. The van der Waals surface area contributed by atoms with Crippen LogP contribution in [0.4, 0.5) is 0 Å². The quantitative estimate of drug-likeness (QED) is 0.843. The molecule has 0 saturated heterocycles. The molecule has 3 nitrogen and oxygen atoms in total. The monoisotopic (exact) mass is 254 g/mol. The van der Waals surface area contributed by atoms with Gasteiger partial charge < -0.3 is 4.74 Å². The Morgan fingerprint density at radius 2 is 2.00 bits per heavy atom.